The van der Waals surface area contributed by atoms with Gasteiger partial charge in [0.15, 0.2) is 5.76 Å². The second-order valence-electron chi connectivity index (χ2n) is 7.67. The van der Waals surface area contributed by atoms with Crippen LogP contribution in [-0.4, -0.2) is 30.8 Å². The minimum atomic E-state index is -0.546. The van der Waals surface area contributed by atoms with Crippen LogP contribution in [0.1, 0.15) is 18.4 Å². The maximum absolute atomic E-state index is 14.0. The van der Waals surface area contributed by atoms with Crippen LogP contribution in [0.25, 0.3) is 38.8 Å². The third kappa shape index (κ3) is 2.89. The number of aryl methyl sites for hydroxylation is 3. The number of hydrogen-bond acceptors (Lipinski definition) is 6. The lowest BCUT2D eigenvalue weighted by Gasteiger charge is -2.10. The first-order chi connectivity index (χ1) is 15.4. The molecule has 4 aromatic heterocycles. The van der Waals surface area contributed by atoms with Crippen molar-refractivity contribution in [2.45, 2.75) is 20.8 Å². The van der Waals surface area contributed by atoms with Crippen LogP contribution in [-0.2, 0) is 7.05 Å². The van der Waals surface area contributed by atoms with E-state index in [0.29, 0.717) is 40.4 Å². The Bertz CT molecular complexity index is 1540. The maximum Gasteiger partial charge on any atom is 0.333 e. The van der Waals surface area contributed by atoms with Gasteiger partial charge in [-0.1, -0.05) is 11.2 Å². The molecule has 1 aromatic carbocycles. The molecule has 162 valence electrons. The topological polar surface area (TPSA) is 90.8 Å². The summed E-state index contributed by atoms with van der Waals surface area (Å²) >= 11 is 0. The highest BCUT2D eigenvalue weighted by atomic mass is 19.1. The zero-order valence-corrected chi connectivity index (χ0v) is 18.1. The standard InChI is InChI=1S/C23H21FN6O2/c1-5-25-18-9-15(10-27-22(18)24)14-6-7-17-16(8-14)21-19(11-26-17)29(4)23(31)30(21)20-12(2)28-32-13(20)3/h6-11,25H,5H2,1-4H3. The number of anilines is 1. The van der Waals surface area contributed by atoms with Crippen molar-refractivity contribution in [2.24, 2.45) is 7.05 Å². The normalized spacial score (nSPS) is 11.5. The molecule has 0 aliphatic heterocycles. The number of benzene rings is 1. The highest BCUT2D eigenvalue weighted by molar-refractivity contribution is 6.04. The predicted octanol–water partition coefficient (Wildman–Crippen LogP) is 4.12. The molecule has 0 aliphatic carbocycles. The van der Waals surface area contributed by atoms with Gasteiger partial charge in [0.25, 0.3) is 0 Å². The summed E-state index contributed by atoms with van der Waals surface area (Å²) in [7, 11) is 1.71. The molecule has 0 amide bonds. The summed E-state index contributed by atoms with van der Waals surface area (Å²) in [6.07, 6.45) is 3.19. The van der Waals surface area contributed by atoms with Gasteiger partial charge in [-0.15, -0.1) is 0 Å². The fourth-order valence-corrected chi connectivity index (χ4v) is 4.10. The second-order valence-corrected chi connectivity index (χ2v) is 7.67. The predicted molar refractivity (Wildman–Crippen MR) is 121 cm³/mol. The Hall–Kier alpha value is -4.01. The lowest BCUT2D eigenvalue weighted by Crippen LogP contribution is -2.21. The van der Waals surface area contributed by atoms with Crippen molar-refractivity contribution in [3.8, 4) is 16.8 Å². The molecule has 0 fully saturated rings. The van der Waals surface area contributed by atoms with Gasteiger partial charge in [-0.2, -0.15) is 4.39 Å². The van der Waals surface area contributed by atoms with Crippen molar-refractivity contribution in [2.75, 3.05) is 11.9 Å². The Labute approximate surface area is 182 Å². The highest BCUT2D eigenvalue weighted by Crippen LogP contribution is 2.31. The van der Waals surface area contributed by atoms with E-state index in [0.717, 1.165) is 22.0 Å². The number of halogens is 1. The molecule has 0 atom stereocenters. The van der Waals surface area contributed by atoms with Crippen LogP contribution >= 0.6 is 0 Å². The summed E-state index contributed by atoms with van der Waals surface area (Å²) in [4.78, 5) is 21.7. The maximum atomic E-state index is 14.0. The van der Waals surface area contributed by atoms with Gasteiger partial charge in [-0.25, -0.2) is 9.78 Å². The monoisotopic (exact) mass is 432 g/mol. The molecule has 0 saturated heterocycles. The number of pyridine rings is 2. The van der Waals surface area contributed by atoms with Crippen LogP contribution in [0.4, 0.5) is 10.1 Å². The van der Waals surface area contributed by atoms with Crippen molar-refractivity contribution in [1.29, 1.82) is 0 Å². The summed E-state index contributed by atoms with van der Waals surface area (Å²) in [6.45, 7) is 6.06. The minimum Gasteiger partial charge on any atom is -0.382 e. The summed E-state index contributed by atoms with van der Waals surface area (Å²) in [6, 6.07) is 7.47. The van der Waals surface area contributed by atoms with Crippen LogP contribution in [0.3, 0.4) is 0 Å². The number of imidazole rings is 1. The SMILES string of the molecule is CCNc1cc(-c2ccc3ncc4c(c3c2)n(-c2c(C)noc2C)c(=O)n4C)cnc1F. The Balaban J connectivity index is 1.84. The van der Waals surface area contributed by atoms with Gasteiger partial charge in [0.05, 0.1) is 28.4 Å². The fraction of sp³-hybridized carbons (Fsp3) is 0.217. The van der Waals surface area contributed by atoms with Gasteiger partial charge in [0.1, 0.15) is 11.4 Å². The molecule has 0 bridgehead atoms. The summed E-state index contributed by atoms with van der Waals surface area (Å²) < 4.78 is 22.5. The second kappa shape index (κ2) is 7.30. The van der Waals surface area contributed by atoms with Crippen LogP contribution in [0.5, 0.6) is 0 Å². The van der Waals surface area contributed by atoms with E-state index in [1.807, 2.05) is 25.1 Å². The molecule has 0 spiro atoms. The molecule has 5 aromatic rings. The first-order valence-electron chi connectivity index (χ1n) is 10.2. The first-order valence-corrected chi connectivity index (χ1v) is 10.2. The molecule has 4 heterocycles. The molecule has 32 heavy (non-hydrogen) atoms. The van der Waals surface area contributed by atoms with Gasteiger partial charge in [0, 0.05) is 30.7 Å². The zero-order chi connectivity index (χ0) is 22.6. The van der Waals surface area contributed by atoms with E-state index < -0.39 is 5.95 Å². The first kappa shape index (κ1) is 19.9. The van der Waals surface area contributed by atoms with Crippen molar-refractivity contribution in [3.05, 3.63) is 64.5 Å². The molecular weight excluding hydrogens is 411 g/mol. The molecule has 0 aliphatic rings. The van der Waals surface area contributed by atoms with E-state index in [-0.39, 0.29) is 5.69 Å². The third-order valence-corrected chi connectivity index (χ3v) is 5.64. The highest BCUT2D eigenvalue weighted by Gasteiger charge is 2.21. The Morgan fingerprint density at radius 1 is 1.12 bits per heavy atom. The number of aromatic nitrogens is 5. The van der Waals surface area contributed by atoms with Gasteiger partial charge >= 0.3 is 5.69 Å². The summed E-state index contributed by atoms with van der Waals surface area (Å²) in [5.74, 6) is 0.00647. The fourth-order valence-electron chi connectivity index (χ4n) is 4.10. The quantitative estimate of drug-likeness (QED) is 0.430. The molecule has 1 N–H and O–H groups in total. The van der Waals surface area contributed by atoms with Gasteiger partial charge in [-0.3, -0.25) is 14.1 Å². The number of nitrogens with zero attached hydrogens (tertiary/aromatic N) is 5. The van der Waals surface area contributed by atoms with Gasteiger partial charge in [-0.05, 0) is 44.5 Å². The molecule has 9 heteroatoms. The van der Waals surface area contributed by atoms with Crippen molar-refractivity contribution in [1.82, 2.24) is 24.3 Å². The minimum absolute atomic E-state index is 0.216. The van der Waals surface area contributed by atoms with Crippen LogP contribution in [0, 0.1) is 19.8 Å². The zero-order valence-electron chi connectivity index (χ0n) is 18.1. The Kier molecular flexibility index (Phi) is 4.54. The Morgan fingerprint density at radius 3 is 2.66 bits per heavy atom. The van der Waals surface area contributed by atoms with Crippen molar-refractivity contribution < 1.29 is 8.91 Å². The van der Waals surface area contributed by atoms with E-state index in [4.69, 9.17) is 4.52 Å². The number of rotatable bonds is 4. The third-order valence-electron chi connectivity index (χ3n) is 5.64. The summed E-state index contributed by atoms with van der Waals surface area (Å²) in [5.41, 5.74) is 5.08. The largest absolute Gasteiger partial charge is 0.382 e. The number of hydrogen-bond donors (Lipinski definition) is 1. The average molecular weight is 432 g/mol. The number of nitrogens with one attached hydrogen (secondary N) is 1. The van der Waals surface area contributed by atoms with E-state index in [9.17, 15) is 9.18 Å². The van der Waals surface area contributed by atoms with Crippen molar-refractivity contribution >= 4 is 27.6 Å². The van der Waals surface area contributed by atoms with Gasteiger partial charge < -0.3 is 9.84 Å². The van der Waals surface area contributed by atoms with Crippen LogP contribution < -0.4 is 11.0 Å². The molecule has 5 rings (SSSR count). The molecule has 0 radical (unpaired) electrons. The van der Waals surface area contributed by atoms with Crippen molar-refractivity contribution in [3.63, 3.8) is 0 Å². The average Bonchev–Trinajstić information content (AvgIpc) is 3.25. The van der Waals surface area contributed by atoms with E-state index >= 15 is 0 Å². The molecule has 8 nitrogen and oxygen atoms in total. The molecular formula is C23H21FN6O2. The lowest BCUT2D eigenvalue weighted by molar-refractivity contribution is 0.393. The molecule has 0 unspecified atom stereocenters. The van der Waals surface area contributed by atoms with E-state index in [1.165, 1.54) is 6.20 Å². The van der Waals surface area contributed by atoms with E-state index in [1.54, 1.807) is 42.3 Å². The summed E-state index contributed by atoms with van der Waals surface area (Å²) in [5, 5.41) is 7.79. The smallest absolute Gasteiger partial charge is 0.333 e. The number of fused-ring (bicyclic) bond motifs is 3. The van der Waals surface area contributed by atoms with Crippen LogP contribution in [0.2, 0.25) is 0 Å². The van der Waals surface area contributed by atoms with E-state index in [2.05, 4.69) is 20.4 Å². The lowest BCUT2D eigenvalue weighted by atomic mass is 10.0. The van der Waals surface area contributed by atoms with Crippen LogP contribution in [0.15, 0.2) is 46.0 Å². The molecule has 0 saturated carbocycles. The Morgan fingerprint density at radius 2 is 1.94 bits per heavy atom. The van der Waals surface area contributed by atoms with Gasteiger partial charge in [0.2, 0.25) is 5.95 Å².